The average Bonchev–Trinajstić information content (AvgIpc) is 2.37. The van der Waals surface area contributed by atoms with Crippen LogP contribution in [0.25, 0.3) is 0 Å². The van der Waals surface area contributed by atoms with Gasteiger partial charge in [0.2, 0.25) is 10.0 Å². The Balaban J connectivity index is 2.06. The number of para-hydroxylation sites is 1. The largest absolute Gasteiger partial charge is 0.381 e. The molecule has 1 aliphatic carbocycles. The van der Waals surface area contributed by atoms with E-state index in [1.165, 1.54) is 7.05 Å². The summed E-state index contributed by atoms with van der Waals surface area (Å²) in [6.45, 7) is 2.71. The van der Waals surface area contributed by atoms with Gasteiger partial charge in [0.1, 0.15) is 4.90 Å². The fourth-order valence-electron chi connectivity index (χ4n) is 2.21. The van der Waals surface area contributed by atoms with E-state index in [4.69, 9.17) is 4.74 Å². The number of nitrogens with one attached hydrogen (secondary N) is 2. The lowest BCUT2D eigenvalue weighted by atomic mass is 9.89. The zero-order valence-electron chi connectivity index (χ0n) is 11.2. The Hall–Kier alpha value is -1.11. The summed E-state index contributed by atoms with van der Waals surface area (Å²) in [6.07, 6.45) is 2.14. The Kier molecular flexibility index (Phi) is 4.44. The smallest absolute Gasteiger partial charge is 0.242 e. The molecule has 0 heterocycles. The van der Waals surface area contributed by atoms with Crippen molar-refractivity contribution in [3.63, 3.8) is 0 Å². The summed E-state index contributed by atoms with van der Waals surface area (Å²) in [6, 6.07) is 7.23. The van der Waals surface area contributed by atoms with E-state index < -0.39 is 10.0 Å². The molecule has 0 atom stereocenters. The van der Waals surface area contributed by atoms with Crippen molar-refractivity contribution in [2.45, 2.75) is 36.8 Å². The molecule has 106 valence electrons. The molecule has 0 saturated heterocycles. The van der Waals surface area contributed by atoms with Crippen molar-refractivity contribution in [3.05, 3.63) is 24.3 Å². The first-order valence-corrected chi connectivity index (χ1v) is 7.96. The monoisotopic (exact) mass is 284 g/mol. The fraction of sp³-hybridized carbons (Fsp3) is 0.538. The first-order valence-electron chi connectivity index (χ1n) is 6.47. The van der Waals surface area contributed by atoms with Crippen LogP contribution in [0.5, 0.6) is 0 Å². The van der Waals surface area contributed by atoms with Crippen LogP contribution in [-0.2, 0) is 14.8 Å². The van der Waals surface area contributed by atoms with Gasteiger partial charge in [-0.05, 0) is 38.9 Å². The Bertz CT molecular complexity index is 524. The second-order valence-corrected chi connectivity index (χ2v) is 6.45. The summed E-state index contributed by atoms with van der Waals surface area (Å²) in [5.74, 6) is 0. The highest BCUT2D eigenvalue weighted by molar-refractivity contribution is 7.89. The second-order valence-electron chi connectivity index (χ2n) is 4.59. The lowest BCUT2D eigenvalue weighted by Crippen LogP contribution is -2.41. The van der Waals surface area contributed by atoms with Crippen molar-refractivity contribution >= 4 is 15.7 Å². The van der Waals surface area contributed by atoms with Crippen molar-refractivity contribution in [2.75, 3.05) is 19.0 Å². The van der Waals surface area contributed by atoms with Gasteiger partial charge in [-0.2, -0.15) is 0 Å². The third-order valence-electron chi connectivity index (χ3n) is 3.30. The van der Waals surface area contributed by atoms with Crippen molar-refractivity contribution < 1.29 is 13.2 Å². The number of rotatable bonds is 6. The molecule has 1 saturated carbocycles. The van der Waals surface area contributed by atoms with Crippen LogP contribution in [0.4, 0.5) is 5.69 Å². The van der Waals surface area contributed by atoms with Gasteiger partial charge in [-0.1, -0.05) is 12.1 Å². The molecule has 1 aromatic rings. The van der Waals surface area contributed by atoms with E-state index in [0.29, 0.717) is 11.8 Å². The molecular formula is C13H20N2O3S. The van der Waals surface area contributed by atoms with E-state index in [-0.39, 0.29) is 10.9 Å². The van der Waals surface area contributed by atoms with E-state index in [1.54, 1.807) is 18.2 Å². The summed E-state index contributed by atoms with van der Waals surface area (Å²) in [5, 5.41) is 3.28. The van der Waals surface area contributed by atoms with Crippen LogP contribution in [0.15, 0.2) is 29.2 Å². The molecule has 1 fully saturated rings. The van der Waals surface area contributed by atoms with E-state index in [9.17, 15) is 8.42 Å². The minimum atomic E-state index is -3.43. The molecule has 2 rings (SSSR count). The van der Waals surface area contributed by atoms with E-state index in [2.05, 4.69) is 10.0 Å². The zero-order valence-corrected chi connectivity index (χ0v) is 12.0. The lowest BCUT2D eigenvalue weighted by Gasteiger charge is -2.36. The molecular weight excluding hydrogens is 264 g/mol. The number of anilines is 1. The third kappa shape index (κ3) is 3.26. The highest BCUT2D eigenvalue weighted by Crippen LogP contribution is 2.29. The van der Waals surface area contributed by atoms with Gasteiger partial charge in [0.25, 0.3) is 0 Å². The summed E-state index contributed by atoms with van der Waals surface area (Å²) >= 11 is 0. The van der Waals surface area contributed by atoms with Crippen molar-refractivity contribution in [2.24, 2.45) is 0 Å². The van der Waals surface area contributed by atoms with Crippen LogP contribution in [0.2, 0.25) is 0 Å². The number of sulfonamides is 1. The van der Waals surface area contributed by atoms with E-state index >= 15 is 0 Å². The first kappa shape index (κ1) is 14.3. The quantitative estimate of drug-likeness (QED) is 0.832. The average molecular weight is 284 g/mol. The third-order valence-corrected chi connectivity index (χ3v) is 4.77. The van der Waals surface area contributed by atoms with Gasteiger partial charge in [-0.15, -0.1) is 0 Å². The SMILES string of the molecule is CCOC1CC(Nc2ccccc2S(=O)(=O)NC)C1. The van der Waals surface area contributed by atoms with Crippen molar-refractivity contribution in [1.82, 2.24) is 4.72 Å². The molecule has 0 spiro atoms. The molecule has 0 bridgehead atoms. The van der Waals surface area contributed by atoms with Gasteiger partial charge in [0.15, 0.2) is 0 Å². The first-order chi connectivity index (χ1) is 9.06. The predicted molar refractivity (Wildman–Crippen MR) is 74.7 cm³/mol. The van der Waals surface area contributed by atoms with Crippen LogP contribution < -0.4 is 10.0 Å². The topological polar surface area (TPSA) is 67.4 Å². The van der Waals surface area contributed by atoms with Crippen LogP contribution in [0.1, 0.15) is 19.8 Å². The maximum atomic E-state index is 11.9. The molecule has 19 heavy (non-hydrogen) atoms. The molecule has 1 aromatic carbocycles. The second kappa shape index (κ2) is 5.90. The molecule has 2 N–H and O–H groups in total. The number of benzene rings is 1. The highest BCUT2D eigenvalue weighted by atomic mass is 32.2. The summed E-state index contributed by atoms with van der Waals surface area (Å²) in [5.41, 5.74) is 0.650. The highest BCUT2D eigenvalue weighted by Gasteiger charge is 2.30. The van der Waals surface area contributed by atoms with Gasteiger partial charge in [0, 0.05) is 12.6 Å². The Morgan fingerprint density at radius 3 is 2.63 bits per heavy atom. The molecule has 5 nitrogen and oxygen atoms in total. The Labute approximate surface area is 114 Å². The fourth-order valence-corrected chi connectivity index (χ4v) is 3.10. The summed E-state index contributed by atoms with van der Waals surface area (Å²) in [7, 11) is -2.01. The minimum absolute atomic E-state index is 0.282. The van der Waals surface area contributed by atoms with Gasteiger partial charge in [-0.25, -0.2) is 13.1 Å². The standard InChI is InChI=1S/C13H20N2O3S/c1-3-18-11-8-10(9-11)15-12-6-4-5-7-13(12)19(16,17)14-2/h4-7,10-11,14-15H,3,8-9H2,1-2H3. The van der Waals surface area contributed by atoms with Gasteiger partial charge < -0.3 is 10.1 Å². The lowest BCUT2D eigenvalue weighted by molar-refractivity contribution is 0.00295. The van der Waals surface area contributed by atoms with Crippen LogP contribution in [0.3, 0.4) is 0 Å². The predicted octanol–water partition coefficient (Wildman–Crippen LogP) is 1.57. The summed E-state index contributed by atoms with van der Waals surface area (Å²) in [4.78, 5) is 0.289. The maximum absolute atomic E-state index is 11.9. The Morgan fingerprint density at radius 1 is 1.32 bits per heavy atom. The molecule has 0 amide bonds. The van der Waals surface area contributed by atoms with Gasteiger partial charge >= 0.3 is 0 Å². The van der Waals surface area contributed by atoms with Crippen molar-refractivity contribution in [3.8, 4) is 0 Å². The normalized spacial score (nSPS) is 22.8. The molecule has 0 aliphatic heterocycles. The molecule has 0 aromatic heterocycles. The minimum Gasteiger partial charge on any atom is -0.381 e. The Morgan fingerprint density at radius 2 is 2.00 bits per heavy atom. The molecule has 0 unspecified atom stereocenters. The maximum Gasteiger partial charge on any atom is 0.242 e. The molecule has 0 radical (unpaired) electrons. The van der Waals surface area contributed by atoms with Gasteiger partial charge in [0.05, 0.1) is 11.8 Å². The molecule has 1 aliphatic rings. The van der Waals surface area contributed by atoms with Gasteiger partial charge in [-0.3, -0.25) is 0 Å². The van der Waals surface area contributed by atoms with Crippen LogP contribution >= 0.6 is 0 Å². The summed E-state index contributed by atoms with van der Waals surface area (Å²) < 4.78 is 31.6. The van der Waals surface area contributed by atoms with Crippen LogP contribution in [-0.4, -0.2) is 34.2 Å². The zero-order chi connectivity index (χ0) is 13.9. The van der Waals surface area contributed by atoms with Crippen molar-refractivity contribution in [1.29, 1.82) is 0 Å². The van der Waals surface area contributed by atoms with E-state index in [1.807, 2.05) is 13.0 Å². The van der Waals surface area contributed by atoms with Crippen LogP contribution in [0, 0.1) is 0 Å². The number of ether oxygens (including phenoxy) is 1. The number of hydrogen-bond acceptors (Lipinski definition) is 4. The molecule has 6 heteroatoms. The van der Waals surface area contributed by atoms with E-state index in [0.717, 1.165) is 19.4 Å². The number of hydrogen-bond donors (Lipinski definition) is 2.